The molecule has 1 N–H and O–H groups in total. The van der Waals surface area contributed by atoms with Gasteiger partial charge in [0.15, 0.2) is 11.1 Å². The number of fused-ring (bicyclic) bond motifs is 1. The molecule has 0 bridgehead atoms. The van der Waals surface area contributed by atoms with Crippen molar-refractivity contribution in [3.8, 4) is 21.6 Å². The zero-order chi connectivity index (χ0) is 18.1. The first-order valence-electron chi connectivity index (χ1n) is 7.91. The first-order chi connectivity index (χ1) is 12.6. The summed E-state index contributed by atoms with van der Waals surface area (Å²) in [6, 6.07) is 22.6. The molecule has 130 valence electrons. The summed E-state index contributed by atoms with van der Waals surface area (Å²) in [4.78, 5) is 1.15. The van der Waals surface area contributed by atoms with Crippen LogP contribution in [-0.2, 0) is 16.8 Å². The molecule has 26 heavy (non-hydrogen) atoms. The number of hydrogen-bond donors (Lipinski definition) is 1. The topological polar surface area (TPSA) is 37.3 Å². The third-order valence-corrected chi connectivity index (χ3v) is 7.82. The molecule has 4 rings (SSSR count). The summed E-state index contributed by atoms with van der Waals surface area (Å²) >= 11 is 3.79. The summed E-state index contributed by atoms with van der Waals surface area (Å²) in [6.07, 6.45) is 0. The van der Waals surface area contributed by atoms with Crippen molar-refractivity contribution >= 4 is 54.8 Å². The SMILES string of the molecule is O=S(O)Cc1ccc(-c2ssc(=S)c2-c2ccc3ccccc3c2)cc1. The van der Waals surface area contributed by atoms with Gasteiger partial charge < -0.3 is 4.55 Å². The molecule has 4 aromatic rings. The maximum absolute atomic E-state index is 11.0. The van der Waals surface area contributed by atoms with Crippen molar-refractivity contribution in [2.24, 2.45) is 0 Å². The normalized spacial score (nSPS) is 12.3. The molecule has 1 aromatic heterocycles. The molecule has 0 saturated heterocycles. The summed E-state index contributed by atoms with van der Waals surface area (Å²) in [7, 11) is 3.29. The molecule has 0 aliphatic heterocycles. The van der Waals surface area contributed by atoms with Crippen LogP contribution in [0.2, 0.25) is 0 Å². The van der Waals surface area contributed by atoms with Gasteiger partial charge in [-0.1, -0.05) is 93.6 Å². The minimum atomic E-state index is -1.82. The Morgan fingerprint density at radius 1 is 0.885 bits per heavy atom. The third-order valence-electron chi connectivity index (χ3n) is 4.18. The zero-order valence-electron chi connectivity index (χ0n) is 13.5. The molecule has 0 fully saturated rings. The van der Waals surface area contributed by atoms with Crippen LogP contribution in [0.4, 0.5) is 0 Å². The van der Waals surface area contributed by atoms with Crippen molar-refractivity contribution in [3.63, 3.8) is 0 Å². The van der Waals surface area contributed by atoms with Crippen LogP contribution in [0.25, 0.3) is 32.3 Å². The van der Waals surface area contributed by atoms with Crippen molar-refractivity contribution in [1.82, 2.24) is 0 Å². The van der Waals surface area contributed by atoms with Gasteiger partial charge in [0.05, 0.1) is 10.6 Å². The van der Waals surface area contributed by atoms with Gasteiger partial charge in [0, 0.05) is 5.56 Å². The van der Waals surface area contributed by atoms with Crippen LogP contribution in [-0.4, -0.2) is 8.76 Å². The fourth-order valence-corrected chi connectivity index (χ4v) is 6.33. The van der Waals surface area contributed by atoms with E-state index in [1.54, 1.807) is 20.7 Å². The van der Waals surface area contributed by atoms with Gasteiger partial charge in [0.2, 0.25) is 0 Å². The van der Waals surface area contributed by atoms with Crippen LogP contribution in [0.1, 0.15) is 5.56 Å². The van der Waals surface area contributed by atoms with E-state index in [-0.39, 0.29) is 5.75 Å². The molecule has 6 heteroatoms. The largest absolute Gasteiger partial charge is 0.306 e. The highest BCUT2D eigenvalue weighted by molar-refractivity contribution is 7.80. The van der Waals surface area contributed by atoms with E-state index < -0.39 is 11.1 Å². The van der Waals surface area contributed by atoms with Crippen molar-refractivity contribution in [1.29, 1.82) is 0 Å². The van der Waals surface area contributed by atoms with Crippen molar-refractivity contribution in [2.45, 2.75) is 5.75 Å². The molecule has 1 unspecified atom stereocenters. The zero-order valence-corrected chi connectivity index (χ0v) is 16.8. The molecule has 0 aliphatic carbocycles. The van der Waals surface area contributed by atoms with Gasteiger partial charge >= 0.3 is 0 Å². The lowest BCUT2D eigenvalue weighted by Crippen LogP contribution is -1.92. The average Bonchev–Trinajstić information content (AvgIpc) is 3.03. The maximum atomic E-state index is 11.0. The monoisotopic (exact) mass is 414 g/mol. The van der Waals surface area contributed by atoms with Crippen LogP contribution < -0.4 is 0 Å². The van der Waals surface area contributed by atoms with E-state index in [1.165, 1.54) is 10.8 Å². The molecule has 0 amide bonds. The van der Waals surface area contributed by atoms with Gasteiger partial charge in [0.25, 0.3) is 0 Å². The van der Waals surface area contributed by atoms with Crippen molar-refractivity contribution in [3.05, 3.63) is 76.1 Å². The molecule has 0 radical (unpaired) electrons. The van der Waals surface area contributed by atoms with Gasteiger partial charge in [-0.05, 0) is 33.5 Å². The maximum Gasteiger partial charge on any atom is 0.157 e. The van der Waals surface area contributed by atoms with Gasteiger partial charge in [-0.15, -0.1) is 0 Å². The fourth-order valence-electron chi connectivity index (χ4n) is 2.94. The average molecular weight is 415 g/mol. The van der Waals surface area contributed by atoms with E-state index in [4.69, 9.17) is 16.8 Å². The molecule has 0 saturated carbocycles. The highest BCUT2D eigenvalue weighted by Gasteiger charge is 2.13. The Labute approximate surface area is 166 Å². The van der Waals surface area contributed by atoms with Gasteiger partial charge in [0.1, 0.15) is 3.82 Å². The number of rotatable bonds is 4. The van der Waals surface area contributed by atoms with Crippen LogP contribution in [0.15, 0.2) is 66.7 Å². The minimum absolute atomic E-state index is 0.150. The van der Waals surface area contributed by atoms with E-state index >= 15 is 0 Å². The molecular weight excluding hydrogens is 400 g/mol. The Morgan fingerprint density at radius 2 is 1.58 bits per heavy atom. The highest BCUT2D eigenvalue weighted by atomic mass is 32.9. The fraction of sp³-hybridized carbons (Fsp3) is 0.0500. The lowest BCUT2D eigenvalue weighted by Gasteiger charge is -2.07. The summed E-state index contributed by atoms with van der Waals surface area (Å²) in [5.74, 6) is 0.150. The first-order valence-corrected chi connectivity index (χ1v) is 11.7. The lowest BCUT2D eigenvalue weighted by molar-refractivity contribution is 0.563. The second-order valence-electron chi connectivity index (χ2n) is 5.88. The van der Waals surface area contributed by atoms with Crippen molar-refractivity contribution < 1.29 is 8.76 Å². The Bertz CT molecular complexity index is 1160. The number of benzene rings is 3. The Hall–Kier alpha value is -1.70. The third kappa shape index (κ3) is 3.56. The summed E-state index contributed by atoms with van der Waals surface area (Å²) in [5, 5.41) is 2.41. The van der Waals surface area contributed by atoms with E-state index in [2.05, 4.69) is 30.3 Å². The van der Waals surface area contributed by atoms with E-state index in [1.807, 2.05) is 36.4 Å². The summed E-state index contributed by atoms with van der Waals surface area (Å²) in [5.41, 5.74) is 4.15. The molecule has 2 nitrogen and oxygen atoms in total. The summed E-state index contributed by atoms with van der Waals surface area (Å²) < 4.78 is 20.9. The number of hydrogen-bond acceptors (Lipinski definition) is 4. The Morgan fingerprint density at radius 3 is 2.31 bits per heavy atom. The van der Waals surface area contributed by atoms with E-state index in [0.29, 0.717) is 0 Å². The smallest absolute Gasteiger partial charge is 0.157 e. The highest BCUT2D eigenvalue weighted by Crippen LogP contribution is 2.41. The van der Waals surface area contributed by atoms with E-state index in [9.17, 15) is 4.21 Å². The van der Waals surface area contributed by atoms with Gasteiger partial charge in [-0.25, -0.2) is 4.21 Å². The predicted molar refractivity (Wildman–Crippen MR) is 116 cm³/mol. The van der Waals surface area contributed by atoms with E-state index in [0.717, 1.165) is 31.0 Å². The molecular formula is C20H14O2S4. The van der Waals surface area contributed by atoms with Crippen LogP contribution in [0.5, 0.6) is 0 Å². The Balaban J connectivity index is 1.79. The lowest BCUT2D eigenvalue weighted by atomic mass is 10.00. The van der Waals surface area contributed by atoms with Crippen LogP contribution in [0, 0.1) is 3.82 Å². The summed E-state index contributed by atoms with van der Waals surface area (Å²) in [6.45, 7) is 0. The predicted octanol–water partition coefficient (Wildman–Crippen LogP) is 6.75. The minimum Gasteiger partial charge on any atom is -0.306 e. The second kappa shape index (κ2) is 7.50. The quantitative estimate of drug-likeness (QED) is 0.228. The first kappa shape index (κ1) is 17.7. The Kier molecular flexibility index (Phi) is 5.11. The molecule has 3 aromatic carbocycles. The van der Waals surface area contributed by atoms with Crippen LogP contribution in [0.3, 0.4) is 0 Å². The molecule has 1 heterocycles. The molecule has 1 atom stereocenters. The molecule has 0 aliphatic rings. The van der Waals surface area contributed by atoms with Crippen molar-refractivity contribution in [2.75, 3.05) is 0 Å². The van der Waals surface area contributed by atoms with Crippen LogP contribution >= 0.6 is 32.9 Å². The van der Waals surface area contributed by atoms with Gasteiger partial charge in [-0.2, -0.15) is 0 Å². The standard InChI is InChI=1S/C20H14O2S4/c21-26(22)12-13-5-7-15(8-6-13)19-18(20(23)25-24-19)17-10-9-14-3-1-2-4-16(14)11-17/h1-11H,12H2,(H,21,22). The van der Waals surface area contributed by atoms with Gasteiger partial charge in [-0.3, -0.25) is 0 Å². The molecule has 0 spiro atoms. The second-order valence-corrected chi connectivity index (χ2v) is 9.63.